The molecule has 0 unspecified atom stereocenters. The molecule has 1 saturated heterocycles. The molecule has 3 amide bonds. The zero-order valence-corrected chi connectivity index (χ0v) is 15.9. The van der Waals surface area contributed by atoms with E-state index in [1.807, 2.05) is 4.90 Å². The van der Waals surface area contributed by atoms with Crippen molar-refractivity contribution in [3.63, 3.8) is 0 Å². The van der Waals surface area contributed by atoms with E-state index >= 15 is 0 Å². The fourth-order valence-electron chi connectivity index (χ4n) is 3.34. The number of rotatable bonds is 8. The van der Waals surface area contributed by atoms with E-state index in [2.05, 4.69) is 5.32 Å². The second-order valence-corrected chi connectivity index (χ2v) is 7.11. The summed E-state index contributed by atoms with van der Waals surface area (Å²) < 4.78 is 38.5. The van der Waals surface area contributed by atoms with Crippen molar-refractivity contribution < 1.29 is 27.7 Å². The van der Waals surface area contributed by atoms with Crippen LogP contribution in [-0.2, 0) is 17.5 Å². The zero-order valence-electron chi connectivity index (χ0n) is 15.9. The Bertz CT molecular complexity index is 659. The van der Waals surface area contributed by atoms with Gasteiger partial charge in [-0.15, -0.1) is 0 Å². The number of carbonyl (C=O) groups is 2. The Balaban J connectivity index is 1.68. The number of amides is 3. The Morgan fingerprint density at radius 1 is 1.14 bits per heavy atom. The van der Waals surface area contributed by atoms with E-state index in [1.54, 1.807) is 6.07 Å². The first kappa shape index (κ1) is 22.0. The molecule has 0 saturated carbocycles. The molecular weight excluding hydrogens is 373 g/mol. The van der Waals surface area contributed by atoms with Gasteiger partial charge in [-0.25, -0.2) is 4.79 Å². The molecule has 0 atom stereocenters. The second kappa shape index (κ2) is 10.3. The van der Waals surface area contributed by atoms with Crippen LogP contribution in [0.5, 0.6) is 0 Å². The maximum absolute atomic E-state index is 12.8. The Morgan fingerprint density at radius 3 is 2.50 bits per heavy atom. The average Bonchev–Trinajstić information content (AvgIpc) is 2.64. The smallest absolute Gasteiger partial charge is 0.352 e. The molecule has 6 nitrogen and oxygen atoms in total. The van der Waals surface area contributed by atoms with Crippen LogP contribution in [0.4, 0.5) is 18.0 Å². The number of halogens is 3. The molecule has 1 aromatic carbocycles. The number of benzene rings is 1. The summed E-state index contributed by atoms with van der Waals surface area (Å²) in [6.45, 7) is 3.74. The van der Waals surface area contributed by atoms with Crippen LogP contribution in [0.2, 0.25) is 0 Å². The molecule has 9 heteroatoms. The van der Waals surface area contributed by atoms with Gasteiger partial charge in [0.1, 0.15) is 6.54 Å². The minimum Gasteiger partial charge on any atom is -0.352 e. The average molecular weight is 401 g/mol. The number of primary amides is 1. The zero-order chi connectivity index (χ0) is 20.6. The number of nitrogens with zero attached hydrogens (tertiary/aromatic N) is 1. The molecule has 0 spiro atoms. The third kappa shape index (κ3) is 7.38. The largest absolute Gasteiger partial charge is 0.416 e. The molecule has 1 fully saturated rings. The summed E-state index contributed by atoms with van der Waals surface area (Å²) in [4.78, 5) is 25.8. The number of nitrogens with one attached hydrogen (secondary N) is 2. The van der Waals surface area contributed by atoms with Gasteiger partial charge < -0.3 is 20.9 Å². The Kier molecular flexibility index (Phi) is 8.10. The van der Waals surface area contributed by atoms with Crippen molar-refractivity contribution in [1.82, 2.24) is 10.2 Å². The first-order valence-electron chi connectivity index (χ1n) is 9.56. The molecule has 1 aliphatic heterocycles. The van der Waals surface area contributed by atoms with E-state index in [-0.39, 0.29) is 5.91 Å². The monoisotopic (exact) mass is 401 g/mol. The van der Waals surface area contributed by atoms with Crippen molar-refractivity contribution in [2.45, 2.75) is 38.4 Å². The van der Waals surface area contributed by atoms with Gasteiger partial charge in [0, 0.05) is 18.5 Å². The molecule has 0 aromatic heterocycles. The van der Waals surface area contributed by atoms with Gasteiger partial charge in [0.25, 0.3) is 0 Å². The number of hydrogen-bond acceptors (Lipinski definition) is 2. The second-order valence-electron chi connectivity index (χ2n) is 7.11. The Labute approximate surface area is 162 Å². The number of carbonyl (C=O) groups excluding carboxylic acids is 2. The van der Waals surface area contributed by atoms with Crippen molar-refractivity contribution in [2.75, 3.05) is 32.7 Å². The number of piperazine rings is 1. The lowest BCUT2D eigenvalue weighted by atomic mass is 10.1. The first-order valence-corrected chi connectivity index (χ1v) is 9.56. The maximum Gasteiger partial charge on any atom is 0.416 e. The third-order valence-corrected chi connectivity index (χ3v) is 4.90. The molecule has 1 aromatic rings. The van der Waals surface area contributed by atoms with Gasteiger partial charge in [0.15, 0.2) is 0 Å². The summed E-state index contributed by atoms with van der Waals surface area (Å²) in [5.74, 6) is 0.112. The van der Waals surface area contributed by atoms with Crippen LogP contribution in [0.1, 0.15) is 36.8 Å². The standard InChI is InChI=1S/C19H27F3N4O2/c20-19(21,22)16-6-4-5-15(13-16)14-25-9-11-26(12-10-25)17(27)7-2-1-3-8-24-18(23)28/h4-6,13H,1-3,7-12,14H2,(H3,23,24,28)/p+1. The lowest BCUT2D eigenvalue weighted by molar-refractivity contribution is -0.917. The van der Waals surface area contributed by atoms with Gasteiger partial charge in [-0.1, -0.05) is 18.6 Å². The highest BCUT2D eigenvalue weighted by molar-refractivity contribution is 5.76. The summed E-state index contributed by atoms with van der Waals surface area (Å²) >= 11 is 0. The van der Waals surface area contributed by atoms with Crippen LogP contribution in [0, 0.1) is 0 Å². The van der Waals surface area contributed by atoms with Gasteiger partial charge in [-0.05, 0) is 25.0 Å². The predicted molar refractivity (Wildman–Crippen MR) is 98.5 cm³/mol. The Hall–Kier alpha value is -2.29. The summed E-state index contributed by atoms with van der Waals surface area (Å²) in [6, 6.07) is 4.90. The number of hydrogen-bond donors (Lipinski definition) is 3. The number of alkyl halides is 3. The molecule has 1 aliphatic rings. The lowest BCUT2D eigenvalue weighted by Crippen LogP contribution is -3.13. The van der Waals surface area contributed by atoms with E-state index in [0.717, 1.165) is 38.4 Å². The highest BCUT2D eigenvalue weighted by atomic mass is 19.4. The first-order chi connectivity index (χ1) is 13.3. The van der Waals surface area contributed by atoms with Crippen molar-refractivity contribution in [2.24, 2.45) is 5.73 Å². The summed E-state index contributed by atoms with van der Waals surface area (Å²) in [6.07, 6.45) is -1.47. The minimum absolute atomic E-state index is 0.112. The van der Waals surface area contributed by atoms with Crippen LogP contribution in [0.15, 0.2) is 24.3 Å². The highest BCUT2D eigenvalue weighted by Crippen LogP contribution is 2.29. The molecule has 0 radical (unpaired) electrons. The highest BCUT2D eigenvalue weighted by Gasteiger charge is 2.31. The van der Waals surface area contributed by atoms with E-state index in [9.17, 15) is 22.8 Å². The van der Waals surface area contributed by atoms with Gasteiger partial charge >= 0.3 is 12.2 Å². The van der Waals surface area contributed by atoms with E-state index in [0.29, 0.717) is 38.2 Å². The maximum atomic E-state index is 12.8. The van der Waals surface area contributed by atoms with Crippen LogP contribution in [0.3, 0.4) is 0 Å². The number of unbranched alkanes of at least 4 members (excludes halogenated alkanes) is 2. The third-order valence-electron chi connectivity index (χ3n) is 4.90. The van der Waals surface area contributed by atoms with Crippen LogP contribution in [0.25, 0.3) is 0 Å². The van der Waals surface area contributed by atoms with Crippen molar-refractivity contribution in [3.05, 3.63) is 35.4 Å². The van der Waals surface area contributed by atoms with Crippen molar-refractivity contribution in [3.8, 4) is 0 Å². The van der Waals surface area contributed by atoms with Crippen LogP contribution < -0.4 is 16.0 Å². The van der Waals surface area contributed by atoms with Gasteiger partial charge in [-0.2, -0.15) is 13.2 Å². The normalized spacial score (nSPS) is 15.5. The minimum atomic E-state index is -4.33. The SMILES string of the molecule is NC(=O)NCCCCCC(=O)N1CC[NH+](Cc2cccc(C(F)(F)F)c2)CC1. The topological polar surface area (TPSA) is 79.9 Å². The molecule has 0 aliphatic carbocycles. The Morgan fingerprint density at radius 2 is 1.86 bits per heavy atom. The van der Waals surface area contributed by atoms with Crippen LogP contribution >= 0.6 is 0 Å². The van der Waals surface area contributed by atoms with Crippen molar-refractivity contribution >= 4 is 11.9 Å². The van der Waals surface area contributed by atoms with E-state index < -0.39 is 17.8 Å². The van der Waals surface area contributed by atoms with Gasteiger partial charge in [0.2, 0.25) is 5.91 Å². The lowest BCUT2D eigenvalue weighted by Gasteiger charge is -2.32. The molecule has 28 heavy (non-hydrogen) atoms. The van der Waals surface area contributed by atoms with E-state index in [4.69, 9.17) is 5.73 Å². The molecule has 1 heterocycles. The van der Waals surface area contributed by atoms with Gasteiger partial charge in [-0.3, -0.25) is 4.79 Å². The molecule has 2 rings (SSSR count). The molecule has 156 valence electrons. The number of urea groups is 1. The summed E-state index contributed by atoms with van der Waals surface area (Å²) in [7, 11) is 0. The van der Waals surface area contributed by atoms with Gasteiger partial charge in [0.05, 0.1) is 31.7 Å². The number of quaternary nitrogens is 1. The summed E-state index contributed by atoms with van der Waals surface area (Å²) in [5.41, 5.74) is 5.02. The molecule has 4 N–H and O–H groups in total. The van der Waals surface area contributed by atoms with Crippen LogP contribution in [-0.4, -0.2) is 49.6 Å². The predicted octanol–water partition coefficient (Wildman–Crippen LogP) is 1.16. The van der Waals surface area contributed by atoms with E-state index in [1.165, 1.54) is 17.0 Å². The molecular formula is C19H28F3N4O2+. The number of nitrogens with two attached hydrogens (primary N) is 1. The molecule has 0 bridgehead atoms. The summed E-state index contributed by atoms with van der Waals surface area (Å²) in [5, 5.41) is 2.51. The fraction of sp³-hybridized carbons (Fsp3) is 0.579. The quantitative estimate of drug-likeness (QED) is 0.572. The van der Waals surface area contributed by atoms with Crippen molar-refractivity contribution in [1.29, 1.82) is 0 Å². The fourth-order valence-corrected chi connectivity index (χ4v) is 3.34.